The third kappa shape index (κ3) is 6.18. The van der Waals surface area contributed by atoms with Crippen LogP contribution < -0.4 is 19.6 Å². The SMILES string of the molecule is CCCOc1ccc(/C=N/NC(=O)COc2ccccc2)cc1OC. The summed E-state index contributed by atoms with van der Waals surface area (Å²) in [6, 6.07) is 14.6. The van der Waals surface area contributed by atoms with Crippen LogP contribution in [0.5, 0.6) is 17.2 Å². The van der Waals surface area contributed by atoms with Crippen LogP contribution in [0.25, 0.3) is 0 Å². The van der Waals surface area contributed by atoms with Crippen molar-refractivity contribution in [3.63, 3.8) is 0 Å². The van der Waals surface area contributed by atoms with Gasteiger partial charge >= 0.3 is 0 Å². The molecule has 0 aliphatic heterocycles. The van der Waals surface area contributed by atoms with E-state index in [2.05, 4.69) is 10.5 Å². The number of hydrazone groups is 1. The molecule has 0 spiro atoms. The van der Waals surface area contributed by atoms with Gasteiger partial charge in [-0.15, -0.1) is 0 Å². The lowest BCUT2D eigenvalue weighted by Gasteiger charge is -2.10. The molecule has 0 saturated carbocycles. The average molecular weight is 342 g/mol. The van der Waals surface area contributed by atoms with E-state index in [-0.39, 0.29) is 12.5 Å². The summed E-state index contributed by atoms with van der Waals surface area (Å²) < 4.78 is 16.2. The number of para-hydroxylation sites is 1. The van der Waals surface area contributed by atoms with Crippen molar-refractivity contribution in [3.8, 4) is 17.2 Å². The normalized spacial score (nSPS) is 10.5. The van der Waals surface area contributed by atoms with Gasteiger partial charge in [0.1, 0.15) is 5.75 Å². The van der Waals surface area contributed by atoms with E-state index < -0.39 is 0 Å². The Kier molecular flexibility index (Phi) is 7.31. The third-order valence-electron chi connectivity index (χ3n) is 3.17. The number of hydrogen-bond acceptors (Lipinski definition) is 5. The zero-order valence-electron chi connectivity index (χ0n) is 14.4. The fourth-order valence-corrected chi connectivity index (χ4v) is 1.97. The maximum Gasteiger partial charge on any atom is 0.277 e. The molecule has 132 valence electrons. The second-order valence-corrected chi connectivity index (χ2v) is 5.15. The summed E-state index contributed by atoms with van der Waals surface area (Å²) in [5.41, 5.74) is 3.20. The van der Waals surface area contributed by atoms with E-state index in [4.69, 9.17) is 14.2 Å². The van der Waals surface area contributed by atoms with E-state index in [1.165, 1.54) is 6.21 Å². The van der Waals surface area contributed by atoms with Gasteiger partial charge in [0.05, 0.1) is 19.9 Å². The molecule has 0 aliphatic carbocycles. The van der Waals surface area contributed by atoms with Crippen LogP contribution >= 0.6 is 0 Å². The Morgan fingerprint density at radius 2 is 1.92 bits per heavy atom. The van der Waals surface area contributed by atoms with Crippen LogP contribution in [-0.4, -0.2) is 32.4 Å². The molecule has 0 unspecified atom stereocenters. The summed E-state index contributed by atoms with van der Waals surface area (Å²) in [7, 11) is 1.58. The lowest BCUT2D eigenvalue weighted by atomic mass is 10.2. The highest BCUT2D eigenvalue weighted by molar-refractivity contribution is 5.83. The lowest BCUT2D eigenvalue weighted by molar-refractivity contribution is -0.123. The minimum atomic E-state index is -0.338. The fourth-order valence-electron chi connectivity index (χ4n) is 1.97. The number of carbonyl (C=O) groups is 1. The van der Waals surface area contributed by atoms with E-state index in [0.29, 0.717) is 23.9 Å². The Balaban J connectivity index is 1.85. The molecule has 25 heavy (non-hydrogen) atoms. The molecule has 0 atom stereocenters. The largest absolute Gasteiger partial charge is 0.493 e. The number of ether oxygens (including phenoxy) is 3. The van der Waals surface area contributed by atoms with Crippen molar-refractivity contribution >= 4 is 12.1 Å². The molecule has 0 radical (unpaired) electrons. The van der Waals surface area contributed by atoms with Crippen LogP contribution in [0.15, 0.2) is 53.6 Å². The Labute approximate surface area is 147 Å². The van der Waals surface area contributed by atoms with Gasteiger partial charge in [0.2, 0.25) is 0 Å². The van der Waals surface area contributed by atoms with Crippen LogP contribution in [0, 0.1) is 0 Å². The zero-order chi connectivity index (χ0) is 17.9. The molecule has 2 aromatic carbocycles. The van der Waals surface area contributed by atoms with Gasteiger partial charge in [-0.1, -0.05) is 25.1 Å². The smallest absolute Gasteiger partial charge is 0.277 e. The van der Waals surface area contributed by atoms with Crippen molar-refractivity contribution in [2.45, 2.75) is 13.3 Å². The number of rotatable bonds is 9. The number of amides is 1. The average Bonchev–Trinajstić information content (AvgIpc) is 2.66. The molecular formula is C19H22N2O4. The monoisotopic (exact) mass is 342 g/mol. The van der Waals surface area contributed by atoms with Gasteiger partial charge < -0.3 is 14.2 Å². The highest BCUT2D eigenvalue weighted by Gasteiger charge is 2.05. The third-order valence-corrected chi connectivity index (χ3v) is 3.17. The number of methoxy groups -OCH3 is 1. The topological polar surface area (TPSA) is 69.2 Å². The minimum absolute atomic E-state index is 0.103. The molecular weight excluding hydrogens is 320 g/mol. The summed E-state index contributed by atoms with van der Waals surface area (Å²) in [6.45, 7) is 2.56. The maximum atomic E-state index is 11.7. The van der Waals surface area contributed by atoms with Gasteiger partial charge in [-0.2, -0.15) is 5.10 Å². The highest BCUT2D eigenvalue weighted by Crippen LogP contribution is 2.27. The van der Waals surface area contributed by atoms with Gasteiger partial charge in [0, 0.05) is 0 Å². The molecule has 0 aliphatic rings. The lowest BCUT2D eigenvalue weighted by Crippen LogP contribution is -2.24. The van der Waals surface area contributed by atoms with E-state index in [0.717, 1.165) is 12.0 Å². The van der Waals surface area contributed by atoms with Crippen LogP contribution in [0.1, 0.15) is 18.9 Å². The molecule has 6 heteroatoms. The molecule has 2 aromatic rings. The second kappa shape index (κ2) is 9.97. The van der Waals surface area contributed by atoms with Crippen molar-refractivity contribution in [2.24, 2.45) is 5.10 Å². The number of carbonyl (C=O) groups excluding carboxylic acids is 1. The molecule has 6 nitrogen and oxygen atoms in total. The fraction of sp³-hybridized carbons (Fsp3) is 0.263. The maximum absolute atomic E-state index is 11.7. The number of hydrogen-bond donors (Lipinski definition) is 1. The summed E-state index contributed by atoms with van der Waals surface area (Å²) in [5.74, 6) is 1.60. The summed E-state index contributed by atoms with van der Waals surface area (Å²) >= 11 is 0. The number of nitrogens with one attached hydrogen (secondary N) is 1. The molecule has 0 aromatic heterocycles. The van der Waals surface area contributed by atoms with Crippen molar-refractivity contribution < 1.29 is 19.0 Å². The number of nitrogens with zero attached hydrogens (tertiary/aromatic N) is 1. The summed E-state index contributed by atoms with van der Waals surface area (Å²) in [4.78, 5) is 11.7. The second-order valence-electron chi connectivity index (χ2n) is 5.15. The van der Waals surface area contributed by atoms with Crippen molar-refractivity contribution in [2.75, 3.05) is 20.3 Å². The molecule has 0 bridgehead atoms. The van der Waals surface area contributed by atoms with Gasteiger partial charge in [-0.3, -0.25) is 4.79 Å². The molecule has 1 amide bonds. The van der Waals surface area contributed by atoms with E-state index >= 15 is 0 Å². The standard InChI is InChI=1S/C19H22N2O4/c1-3-11-24-17-10-9-15(12-18(17)23-2)13-20-21-19(22)14-25-16-7-5-4-6-8-16/h4-10,12-13H,3,11,14H2,1-2H3,(H,21,22)/b20-13+. The van der Waals surface area contributed by atoms with Crippen molar-refractivity contribution in [1.29, 1.82) is 0 Å². The highest BCUT2D eigenvalue weighted by atomic mass is 16.5. The van der Waals surface area contributed by atoms with Crippen LogP contribution in [0.2, 0.25) is 0 Å². The molecule has 0 heterocycles. The van der Waals surface area contributed by atoms with E-state index in [9.17, 15) is 4.79 Å². The first kappa shape index (κ1) is 18.3. The van der Waals surface area contributed by atoms with Crippen LogP contribution in [0.4, 0.5) is 0 Å². The Morgan fingerprint density at radius 3 is 2.64 bits per heavy atom. The first-order valence-corrected chi connectivity index (χ1v) is 8.03. The van der Waals surface area contributed by atoms with Crippen molar-refractivity contribution in [1.82, 2.24) is 5.43 Å². The zero-order valence-corrected chi connectivity index (χ0v) is 14.4. The van der Waals surface area contributed by atoms with Crippen LogP contribution in [-0.2, 0) is 4.79 Å². The predicted molar refractivity (Wildman–Crippen MR) is 96.5 cm³/mol. The summed E-state index contributed by atoms with van der Waals surface area (Å²) in [5, 5.41) is 3.92. The Bertz CT molecular complexity index is 702. The van der Waals surface area contributed by atoms with Gasteiger partial charge in [0.15, 0.2) is 18.1 Å². The predicted octanol–water partition coefficient (Wildman–Crippen LogP) is 3.01. The molecule has 0 saturated heterocycles. The Morgan fingerprint density at radius 1 is 1.12 bits per heavy atom. The first-order chi connectivity index (χ1) is 12.2. The van der Waals surface area contributed by atoms with Gasteiger partial charge in [0.25, 0.3) is 5.91 Å². The van der Waals surface area contributed by atoms with Crippen molar-refractivity contribution in [3.05, 3.63) is 54.1 Å². The van der Waals surface area contributed by atoms with E-state index in [1.807, 2.05) is 37.3 Å². The minimum Gasteiger partial charge on any atom is -0.493 e. The first-order valence-electron chi connectivity index (χ1n) is 8.03. The van der Waals surface area contributed by atoms with Gasteiger partial charge in [-0.25, -0.2) is 5.43 Å². The van der Waals surface area contributed by atoms with E-state index in [1.54, 1.807) is 25.3 Å². The molecule has 2 rings (SSSR count). The Hall–Kier alpha value is -3.02. The molecule has 1 N–H and O–H groups in total. The number of benzene rings is 2. The summed E-state index contributed by atoms with van der Waals surface area (Å²) in [6.07, 6.45) is 2.45. The quantitative estimate of drug-likeness (QED) is 0.562. The molecule has 0 fully saturated rings. The van der Waals surface area contributed by atoms with Crippen LogP contribution in [0.3, 0.4) is 0 Å². The van der Waals surface area contributed by atoms with Gasteiger partial charge in [-0.05, 0) is 42.3 Å².